The molecule has 0 aliphatic heterocycles. The Morgan fingerprint density at radius 3 is 1.65 bits per heavy atom. The molecule has 0 aliphatic rings. The zero-order valence-corrected chi connectivity index (χ0v) is 13.0. The van der Waals surface area contributed by atoms with Gasteiger partial charge in [-0.05, 0) is 0 Å². The quantitative estimate of drug-likeness (QED) is 0.482. The number of carbonyl (C=O) groups is 2. The average Bonchev–Trinajstić information content (AvgIpc) is 3.03. The molecule has 0 saturated carbocycles. The molecule has 9 heteroatoms. The summed E-state index contributed by atoms with van der Waals surface area (Å²) in [5, 5.41) is 17.9. The van der Waals surface area contributed by atoms with Crippen LogP contribution >= 0.6 is 0 Å². The molecule has 0 bridgehead atoms. The van der Waals surface area contributed by atoms with Crippen molar-refractivity contribution in [1.29, 1.82) is 0 Å². The molecule has 0 atom stereocenters. The Bertz CT molecular complexity index is 659. The van der Waals surface area contributed by atoms with Gasteiger partial charge in [0.05, 0.1) is 14.1 Å². The van der Waals surface area contributed by atoms with Gasteiger partial charge in [-0.2, -0.15) is 0 Å². The third-order valence-corrected chi connectivity index (χ3v) is 3.64. The van der Waals surface area contributed by atoms with Crippen molar-refractivity contribution in [3.8, 4) is 0 Å². The monoisotopic (exact) mass is 324 g/mol. The van der Waals surface area contributed by atoms with Gasteiger partial charge < -0.3 is 14.9 Å². The summed E-state index contributed by atoms with van der Waals surface area (Å²) in [5.74, 6) is -1.94. The van der Waals surface area contributed by atoms with Gasteiger partial charge in [0.1, 0.15) is 13.2 Å². The number of rotatable bonds is 8. The first-order chi connectivity index (χ1) is 10.9. The van der Waals surface area contributed by atoms with Gasteiger partial charge >= 0.3 is 11.9 Å². The van der Waals surface area contributed by atoms with Crippen LogP contribution < -0.4 is 9.36 Å². The number of carboxylic acid groups (broad SMARTS) is 2. The number of nitrogens with zero attached hydrogens (tertiary/aromatic N) is 4. The normalized spacial score (nSPS) is 10.9. The Morgan fingerprint density at radius 2 is 1.35 bits per heavy atom. The Balaban J connectivity index is 1.78. The third kappa shape index (κ3) is 3.75. The molecule has 124 valence electrons. The molecule has 0 aromatic carbocycles. The Labute approximate surface area is 132 Å². The lowest BCUT2D eigenvalue weighted by molar-refractivity contribution is -0.779. The number of hydrogen-bond acceptors (Lipinski definition) is 3. The van der Waals surface area contributed by atoms with Crippen molar-refractivity contribution < 1.29 is 33.9 Å². The van der Waals surface area contributed by atoms with Gasteiger partial charge in [-0.15, -0.1) is 18.7 Å². The second-order valence-electron chi connectivity index (χ2n) is 5.00. The van der Waals surface area contributed by atoms with Crippen LogP contribution in [0.5, 0.6) is 0 Å². The first-order valence-electron chi connectivity index (χ1n) is 7.07. The highest BCUT2D eigenvalue weighted by Gasteiger charge is 2.18. The van der Waals surface area contributed by atoms with Crippen LogP contribution in [-0.2, 0) is 31.9 Å². The van der Waals surface area contributed by atoms with Crippen LogP contribution in [0, 0.1) is 0 Å². The second kappa shape index (κ2) is 7.05. The lowest BCUT2D eigenvalue weighted by Crippen LogP contribution is -2.46. The van der Waals surface area contributed by atoms with Crippen molar-refractivity contribution in [2.45, 2.75) is 13.1 Å². The van der Waals surface area contributed by atoms with Crippen LogP contribution in [0.4, 0.5) is 0 Å². The van der Waals surface area contributed by atoms with Crippen molar-refractivity contribution in [3.63, 3.8) is 0 Å². The van der Waals surface area contributed by atoms with E-state index in [0.29, 0.717) is 26.3 Å². The Kier molecular flexibility index (Phi) is 5.12. The molecule has 0 unspecified atom stereocenters. The maximum Gasteiger partial charge on any atom is 0.358 e. The molecule has 0 fully saturated rings. The first kappa shape index (κ1) is 16.7. The summed E-state index contributed by atoms with van der Waals surface area (Å²) >= 11 is 0. The smallest absolute Gasteiger partial charge is 0.358 e. The Hall–Kier alpha value is -2.68. The molecular formula is C14H20N4O5+2. The highest BCUT2D eigenvalue weighted by atomic mass is 16.5. The summed E-state index contributed by atoms with van der Waals surface area (Å²) in [4.78, 5) is 21.9. The van der Waals surface area contributed by atoms with E-state index in [0.717, 1.165) is 0 Å². The fourth-order valence-corrected chi connectivity index (χ4v) is 2.29. The minimum atomic E-state index is -0.971. The summed E-state index contributed by atoms with van der Waals surface area (Å²) in [6, 6.07) is 3.07. The minimum absolute atomic E-state index is 0.213. The maximum atomic E-state index is 10.9. The van der Waals surface area contributed by atoms with Crippen LogP contribution in [0.15, 0.2) is 24.5 Å². The van der Waals surface area contributed by atoms with E-state index in [1.807, 2.05) is 0 Å². The summed E-state index contributed by atoms with van der Waals surface area (Å²) in [6.45, 7) is 1.92. The number of ether oxygens (including phenoxy) is 1. The van der Waals surface area contributed by atoms with Crippen molar-refractivity contribution in [2.24, 2.45) is 14.1 Å². The highest BCUT2D eigenvalue weighted by molar-refractivity contribution is 5.85. The lowest BCUT2D eigenvalue weighted by Gasteiger charge is -2.02. The molecule has 2 aromatic heterocycles. The topological polar surface area (TPSA) is 101 Å². The zero-order chi connectivity index (χ0) is 17.0. The van der Waals surface area contributed by atoms with Crippen molar-refractivity contribution >= 4 is 11.9 Å². The van der Waals surface area contributed by atoms with Gasteiger partial charge in [0.2, 0.25) is 0 Å². The van der Waals surface area contributed by atoms with Gasteiger partial charge in [0.25, 0.3) is 0 Å². The molecular weight excluding hydrogens is 304 g/mol. The molecule has 0 saturated heterocycles. The van der Waals surface area contributed by atoms with Gasteiger partial charge in [0.15, 0.2) is 36.9 Å². The van der Waals surface area contributed by atoms with Crippen LogP contribution in [0.25, 0.3) is 0 Å². The molecule has 9 nitrogen and oxygen atoms in total. The van der Waals surface area contributed by atoms with Crippen LogP contribution in [0.3, 0.4) is 0 Å². The van der Waals surface area contributed by atoms with E-state index >= 15 is 0 Å². The predicted octanol–water partition coefficient (Wildman–Crippen LogP) is -0.948. The molecule has 23 heavy (non-hydrogen) atoms. The molecule has 0 amide bonds. The molecule has 2 N–H and O–H groups in total. The first-order valence-corrected chi connectivity index (χ1v) is 7.07. The van der Waals surface area contributed by atoms with Crippen LogP contribution in [0.2, 0.25) is 0 Å². The van der Waals surface area contributed by atoms with Crippen LogP contribution in [0.1, 0.15) is 21.0 Å². The largest absolute Gasteiger partial charge is 0.476 e. The van der Waals surface area contributed by atoms with E-state index in [4.69, 9.17) is 14.9 Å². The lowest BCUT2D eigenvalue weighted by atomic mass is 10.4. The number of carboxylic acids is 2. The van der Waals surface area contributed by atoms with E-state index in [1.165, 1.54) is 12.1 Å². The predicted molar refractivity (Wildman–Crippen MR) is 76.0 cm³/mol. The summed E-state index contributed by atoms with van der Waals surface area (Å²) in [5.41, 5.74) is 0.427. The molecule has 0 radical (unpaired) electrons. The standard InChI is InChI=1S/C14H18N4O5/c1-15-11(13(19)20)3-5-17(15)7-9-23-10-8-18-6-4-12(14(21)22)16(18)2/h3-6H,7-10H2,1-2H3/p+2. The van der Waals surface area contributed by atoms with Crippen molar-refractivity contribution in [3.05, 3.63) is 35.9 Å². The molecule has 0 spiro atoms. The van der Waals surface area contributed by atoms with E-state index in [1.54, 1.807) is 45.2 Å². The zero-order valence-electron chi connectivity index (χ0n) is 13.0. The second-order valence-corrected chi connectivity index (χ2v) is 5.00. The van der Waals surface area contributed by atoms with E-state index < -0.39 is 11.9 Å². The van der Waals surface area contributed by atoms with Gasteiger partial charge in [-0.25, -0.2) is 9.59 Å². The highest BCUT2D eigenvalue weighted by Crippen LogP contribution is 1.95. The fraction of sp³-hybridized carbons (Fsp3) is 0.429. The number of hydrogen-bond donors (Lipinski definition) is 2. The fourth-order valence-electron chi connectivity index (χ4n) is 2.29. The Morgan fingerprint density at radius 1 is 0.957 bits per heavy atom. The average molecular weight is 324 g/mol. The van der Waals surface area contributed by atoms with Crippen molar-refractivity contribution in [2.75, 3.05) is 13.2 Å². The third-order valence-electron chi connectivity index (χ3n) is 3.64. The van der Waals surface area contributed by atoms with Gasteiger partial charge in [-0.3, -0.25) is 0 Å². The van der Waals surface area contributed by atoms with E-state index in [-0.39, 0.29) is 11.4 Å². The van der Waals surface area contributed by atoms with Crippen molar-refractivity contribution in [1.82, 2.24) is 9.36 Å². The summed E-state index contributed by atoms with van der Waals surface area (Å²) in [6.07, 6.45) is 3.38. The molecule has 2 aromatic rings. The van der Waals surface area contributed by atoms with E-state index in [2.05, 4.69) is 0 Å². The molecule has 0 aliphatic carbocycles. The van der Waals surface area contributed by atoms with Gasteiger partial charge in [0, 0.05) is 12.1 Å². The molecule has 2 rings (SSSR count). The van der Waals surface area contributed by atoms with E-state index in [9.17, 15) is 9.59 Å². The molecule has 2 heterocycles. The summed E-state index contributed by atoms with van der Waals surface area (Å²) < 4.78 is 12.1. The van der Waals surface area contributed by atoms with Crippen LogP contribution in [-0.4, -0.2) is 44.7 Å². The number of aromatic nitrogens is 4. The van der Waals surface area contributed by atoms with Gasteiger partial charge in [-0.1, -0.05) is 0 Å². The SMILES string of the molecule is Cn1c(C(=O)O)cc[n+]1CCOCC[n+]1ccc(C(=O)O)n1C. The summed E-state index contributed by atoms with van der Waals surface area (Å²) in [7, 11) is 3.35. The number of aromatic carboxylic acids is 2. The minimum Gasteiger partial charge on any atom is -0.476 e. The maximum absolute atomic E-state index is 10.9.